The third-order valence-electron chi connectivity index (χ3n) is 5.15. The van der Waals surface area contributed by atoms with Crippen LogP contribution in [0.5, 0.6) is 0 Å². The van der Waals surface area contributed by atoms with Crippen LogP contribution in [-0.2, 0) is 6.54 Å². The van der Waals surface area contributed by atoms with Crippen LogP contribution in [0.25, 0.3) is 0 Å². The fraction of sp³-hybridized carbons (Fsp3) is 0.647. The standard InChI is InChI=1S/C17H24BrClN2/c1-16(2)10-20-17(3,13-5-6-13)11-21(16)9-12-4-7-14(18)8-15(12)19/h4,7-8,13,20H,5-6,9-11H2,1-3H3. The van der Waals surface area contributed by atoms with E-state index >= 15 is 0 Å². The normalized spacial score (nSPS) is 29.6. The minimum absolute atomic E-state index is 0.158. The molecule has 1 heterocycles. The highest BCUT2D eigenvalue weighted by Crippen LogP contribution is 2.43. The summed E-state index contributed by atoms with van der Waals surface area (Å²) >= 11 is 9.90. The Morgan fingerprint density at radius 3 is 2.67 bits per heavy atom. The Hall–Kier alpha value is -0.0900. The molecule has 2 aliphatic rings. The predicted molar refractivity (Wildman–Crippen MR) is 92.8 cm³/mol. The van der Waals surface area contributed by atoms with Crippen molar-refractivity contribution in [2.24, 2.45) is 5.92 Å². The summed E-state index contributed by atoms with van der Waals surface area (Å²) in [5.41, 5.74) is 1.63. The molecule has 2 nitrogen and oxygen atoms in total. The summed E-state index contributed by atoms with van der Waals surface area (Å²) in [4.78, 5) is 2.59. The molecule has 1 aliphatic carbocycles. The monoisotopic (exact) mass is 370 g/mol. The van der Waals surface area contributed by atoms with Gasteiger partial charge in [0.15, 0.2) is 0 Å². The van der Waals surface area contributed by atoms with Crippen LogP contribution >= 0.6 is 27.5 Å². The molecule has 0 amide bonds. The highest BCUT2D eigenvalue weighted by Gasteiger charge is 2.48. The van der Waals surface area contributed by atoms with E-state index in [0.29, 0.717) is 0 Å². The first-order valence-electron chi connectivity index (χ1n) is 7.74. The van der Waals surface area contributed by atoms with Gasteiger partial charge in [0, 0.05) is 40.2 Å². The number of halogens is 2. The molecule has 1 saturated carbocycles. The molecule has 0 spiro atoms. The molecule has 1 saturated heterocycles. The first-order valence-corrected chi connectivity index (χ1v) is 8.91. The predicted octanol–water partition coefficient (Wildman–Crippen LogP) is 4.46. The van der Waals surface area contributed by atoms with Crippen molar-refractivity contribution < 1.29 is 0 Å². The maximum atomic E-state index is 6.42. The van der Waals surface area contributed by atoms with Gasteiger partial charge in [-0.05, 0) is 57.2 Å². The Morgan fingerprint density at radius 2 is 2.05 bits per heavy atom. The van der Waals surface area contributed by atoms with Crippen molar-refractivity contribution in [3.05, 3.63) is 33.3 Å². The van der Waals surface area contributed by atoms with Crippen LogP contribution in [0.1, 0.15) is 39.2 Å². The van der Waals surface area contributed by atoms with Crippen molar-refractivity contribution in [3.63, 3.8) is 0 Å². The summed E-state index contributed by atoms with van der Waals surface area (Å²) in [6.45, 7) is 10.1. The van der Waals surface area contributed by atoms with Gasteiger partial charge in [-0.3, -0.25) is 4.90 Å². The number of rotatable bonds is 3. The summed E-state index contributed by atoms with van der Waals surface area (Å²) in [6.07, 6.45) is 2.74. The van der Waals surface area contributed by atoms with Crippen molar-refractivity contribution in [1.82, 2.24) is 10.2 Å². The summed E-state index contributed by atoms with van der Waals surface area (Å²) in [5.74, 6) is 0.844. The molecule has 0 aromatic heterocycles. The fourth-order valence-corrected chi connectivity index (χ4v) is 4.05. The molecule has 1 aromatic rings. The molecule has 1 aliphatic heterocycles. The lowest BCUT2D eigenvalue weighted by atomic mass is 9.86. The summed E-state index contributed by atoms with van der Waals surface area (Å²) in [7, 11) is 0. The minimum Gasteiger partial charge on any atom is -0.308 e. The zero-order valence-corrected chi connectivity index (χ0v) is 15.4. The summed E-state index contributed by atoms with van der Waals surface area (Å²) in [5, 5.41) is 4.66. The molecular formula is C17H24BrClN2. The highest BCUT2D eigenvalue weighted by atomic mass is 79.9. The average molecular weight is 372 g/mol. The zero-order chi connectivity index (χ0) is 15.3. The minimum atomic E-state index is 0.158. The van der Waals surface area contributed by atoms with E-state index in [1.54, 1.807) is 0 Å². The van der Waals surface area contributed by atoms with Crippen LogP contribution in [0.2, 0.25) is 5.02 Å². The molecule has 1 unspecified atom stereocenters. The van der Waals surface area contributed by atoms with Gasteiger partial charge in [-0.15, -0.1) is 0 Å². The number of hydrogen-bond donors (Lipinski definition) is 1. The molecule has 4 heteroatoms. The third-order valence-corrected chi connectivity index (χ3v) is 6.00. The van der Waals surface area contributed by atoms with Crippen LogP contribution in [-0.4, -0.2) is 29.1 Å². The molecule has 1 N–H and O–H groups in total. The smallest absolute Gasteiger partial charge is 0.0462 e. The molecule has 0 bridgehead atoms. The zero-order valence-electron chi connectivity index (χ0n) is 13.0. The number of nitrogens with one attached hydrogen (secondary N) is 1. The lowest BCUT2D eigenvalue weighted by molar-refractivity contribution is 0.0178. The van der Waals surface area contributed by atoms with Gasteiger partial charge in [0.05, 0.1) is 0 Å². The van der Waals surface area contributed by atoms with Crippen LogP contribution in [0, 0.1) is 5.92 Å². The largest absolute Gasteiger partial charge is 0.308 e. The summed E-state index contributed by atoms with van der Waals surface area (Å²) < 4.78 is 1.04. The fourth-order valence-electron chi connectivity index (χ4n) is 3.32. The molecule has 3 rings (SSSR count). The van der Waals surface area contributed by atoms with Gasteiger partial charge >= 0.3 is 0 Å². The third kappa shape index (κ3) is 3.31. The van der Waals surface area contributed by atoms with Gasteiger partial charge in [-0.1, -0.05) is 33.6 Å². The topological polar surface area (TPSA) is 15.3 Å². The molecule has 2 fully saturated rings. The Bertz CT molecular complexity index is 542. The van der Waals surface area contributed by atoms with E-state index in [1.807, 2.05) is 6.07 Å². The Labute approximate surface area is 141 Å². The van der Waals surface area contributed by atoms with Crippen molar-refractivity contribution in [2.45, 2.75) is 51.2 Å². The van der Waals surface area contributed by atoms with E-state index in [0.717, 1.165) is 35.0 Å². The van der Waals surface area contributed by atoms with Gasteiger partial charge in [0.1, 0.15) is 0 Å². The van der Waals surface area contributed by atoms with Crippen molar-refractivity contribution in [1.29, 1.82) is 0 Å². The number of piperazine rings is 1. The Kier molecular flexibility index (Phi) is 4.15. The molecule has 0 radical (unpaired) electrons. The second-order valence-electron chi connectivity index (χ2n) is 7.45. The van der Waals surface area contributed by atoms with E-state index in [1.165, 1.54) is 18.4 Å². The van der Waals surface area contributed by atoms with E-state index in [2.05, 4.69) is 59.1 Å². The van der Waals surface area contributed by atoms with Gasteiger partial charge in [0.25, 0.3) is 0 Å². The van der Waals surface area contributed by atoms with Crippen molar-refractivity contribution in [3.8, 4) is 0 Å². The van der Waals surface area contributed by atoms with Gasteiger partial charge in [-0.2, -0.15) is 0 Å². The van der Waals surface area contributed by atoms with Gasteiger partial charge < -0.3 is 5.32 Å². The van der Waals surface area contributed by atoms with E-state index < -0.39 is 0 Å². The first-order chi connectivity index (χ1) is 9.80. The maximum Gasteiger partial charge on any atom is 0.0462 e. The number of nitrogens with zero attached hydrogens (tertiary/aromatic N) is 1. The van der Waals surface area contributed by atoms with Crippen LogP contribution in [0.15, 0.2) is 22.7 Å². The SMILES string of the molecule is CC1(C2CC2)CN(Cc2ccc(Br)cc2Cl)C(C)(C)CN1. The average Bonchev–Trinajstić information content (AvgIpc) is 3.22. The van der Waals surface area contributed by atoms with E-state index in [-0.39, 0.29) is 11.1 Å². The van der Waals surface area contributed by atoms with Crippen LogP contribution in [0.3, 0.4) is 0 Å². The Morgan fingerprint density at radius 1 is 1.33 bits per heavy atom. The second kappa shape index (κ2) is 5.52. The van der Waals surface area contributed by atoms with Crippen molar-refractivity contribution >= 4 is 27.5 Å². The van der Waals surface area contributed by atoms with Gasteiger partial charge in [-0.25, -0.2) is 0 Å². The number of hydrogen-bond acceptors (Lipinski definition) is 2. The lowest BCUT2D eigenvalue weighted by Gasteiger charge is -2.51. The summed E-state index contributed by atoms with van der Waals surface area (Å²) in [6, 6.07) is 6.21. The first kappa shape index (κ1) is 15.8. The van der Waals surface area contributed by atoms with Crippen LogP contribution < -0.4 is 5.32 Å². The Balaban J connectivity index is 1.80. The second-order valence-corrected chi connectivity index (χ2v) is 8.77. The van der Waals surface area contributed by atoms with E-state index in [9.17, 15) is 0 Å². The quantitative estimate of drug-likeness (QED) is 0.844. The van der Waals surface area contributed by atoms with Gasteiger partial charge in [0.2, 0.25) is 0 Å². The number of benzene rings is 1. The molecular weight excluding hydrogens is 348 g/mol. The molecule has 21 heavy (non-hydrogen) atoms. The van der Waals surface area contributed by atoms with Crippen molar-refractivity contribution in [2.75, 3.05) is 13.1 Å². The molecule has 1 aromatic carbocycles. The lowest BCUT2D eigenvalue weighted by Crippen LogP contribution is -2.67. The molecule has 1 atom stereocenters. The van der Waals surface area contributed by atoms with Crippen LogP contribution in [0.4, 0.5) is 0 Å². The molecule has 116 valence electrons. The highest BCUT2D eigenvalue weighted by molar-refractivity contribution is 9.10. The van der Waals surface area contributed by atoms with E-state index in [4.69, 9.17) is 11.6 Å². The maximum absolute atomic E-state index is 6.42.